The van der Waals surface area contributed by atoms with Crippen molar-refractivity contribution in [3.8, 4) is 0 Å². The van der Waals surface area contributed by atoms with Gasteiger partial charge in [0.05, 0.1) is 5.52 Å². The predicted molar refractivity (Wildman–Crippen MR) is 117 cm³/mol. The topological polar surface area (TPSA) is 45.7 Å². The summed E-state index contributed by atoms with van der Waals surface area (Å²) < 4.78 is 80.4. The standard InChI is InChI=1S/C23H24ClF6N3O2/c1-14-3-4-17-15(11-14)12-16(18(24)31-17)13-33-8-2-5-21(33)6-9-32(10-7-21)20(34)35-19(22(25,26)27)23(28,29)30/h3-4,11-12,19H,2,5-10,13H2,1H3. The summed E-state index contributed by atoms with van der Waals surface area (Å²) in [4.78, 5) is 19.8. The van der Waals surface area contributed by atoms with E-state index >= 15 is 0 Å². The van der Waals surface area contributed by atoms with E-state index in [1.165, 1.54) is 0 Å². The van der Waals surface area contributed by atoms with Gasteiger partial charge in [0.2, 0.25) is 0 Å². The van der Waals surface area contributed by atoms with Crippen LogP contribution in [0.1, 0.15) is 36.8 Å². The number of nitrogens with zero attached hydrogens (tertiary/aromatic N) is 3. The monoisotopic (exact) mass is 523 g/mol. The van der Waals surface area contributed by atoms with E-state index in [-0.39, 0.29) is 18.6 Å². The molecule has 2 aromatic rings. The van der Waals surface area contributed by atoms with Crippen molar-refractivity contribution in [2.75, 3.05) is 19.6 Å². The number of benzene rings is 1. The van der Waals surface area contributed by atoms with Crippen molar-refractivity contribution in [2.24, 2.45) is 0 Å². The Bertz CT molecular complexity index is 1090. The molecule has 0 N–H and O–H groups in total. The third-order valence-electron chi connectivity index (χ3n) is 6.86. The molecular weight excluding hydrogens is 500 g/mol. The van der Waals surface area contributed by atoms with Crippen LogP contribution in [0, 0.1) is 6.92 Å². The fraction of sp³-hybridized carbons (Fsp3) is 0.565. The zero-order valence-electron chi connectivity index (χ0n) is 18.8. The zero-order valence-corrected chi connectivity index (χ0v) is 19.6. The number of alkyl halides is 6. The molecule has 5 nitrogen and oxygen atoms in total. The number of carbonyl (C=O) groups is 1. The number of likely N-dealkylation sites (tertiary alicyclic amines) is 2. The van der Waals surface area contributed by atoms with E-state index in [1.807, 2.05) is 31.2 Å². The molecule has 1 aromatic heterocycles. The van der Waals surface area contributed by atoms with Gasteiger partial charge in [-0.3, -0.25) is 4.90 Å². The lowest BCUT2D eigenvalue weighted by Crippen LogP contribution is -2.54. The molecule has 0 aliphatic carbocycles. The molecule has 1 aromatic carbocycles. The Kier molecular flexibility index (Phi) is 6.87. The molecule has 0 radical (unpaired) electrons. The smallest absolute Gasteiger partial charge is 0.426 e. The van der Waals surface area contributed by atoms with Gasteiger partial charge < -0.3 is 9.64 Å². The lowest BCUT2D eigenvalue weighted by molar-refractivity contribution is -0.308. The van der Waals surface area contributed by atoms with E-state index in [0.717, 1.165) is 46.3 Å². The maximum atomic E-state index is 12.8. The summed E-state index contributed by atoms with van der Waals surface area (Å²) in [6.45, 7) is 3.25. The van der Waals surface area contributed by atoms with Crippen LogP contribution in [0.15, 0.2) is 24.3 Å². The Morgan fingerprint density at radius 3 is 2.37 bits per heavy atom. The van der Waals surface area contributed by atoms with Crippen LogP contribution in [0.4, 0.5) is 31.1 Å². The lowest BCUT2D eigenvalue weighted by Gasteiger charge is -2.45. The number of hydrogen-bond acceptors (Lipinski definition) is 4. The van der Waals surface area contributed by atoms with Gasteiger partial charge in [0.1, 0.15) is 5.15 Å². The highest BCUT2D eigenvalue weighted by Gasteiger charge is 2.60. The highest BCUT2D eigenvalue weighted by Crippen LogP contribution is 2.41. The van der Waals surface area contributed by atoms with Crippen molar-refractivity contribution in [2.45, 2.75) is 63.1 Å². The molecule has 2 aliphatic heterocycles. The molecule has 2 fully saturated rings. The van der Waals surface area contributed by atoms with Crippen molar-refractivity contribution < 1.29 is 35.9 Å². The van der Waals surface area contributed by atoms with Crippen LogP contribution in [0.25, 0.3) is 10.9 Å². The number of pyridine rings is 1. The molecule has 2 aliphatic rings. The Morgan fingerprint density at radius 2 is 1.74 bits per heavy atom. The zero-order chi connectivity index (χ0) is 25.6. The van der Waals surface area contributed by atoms with Gasteiger partial charge in [-0.15, -0.1) is 0 Å². The van der Waals surface area contributed by atoms with Gasteiger partial charge >= 0.3 is 18.4 Å². The Balaban J connectivity index is 1.44. The van der Waals surface area contributed by atoms with E-state index in [9.17, 15) is 31.1 Å². The molecule has 192 valence electrons. The Hall–Kier alpha value is -2.27. The minimum atomic E-state index is -5.74. The van der Waals surface area contributed by atoms with Gasteiger partial charge in [-0.2, -0.15) is 26.3 Å². The van der Waals surface area contributed by atoms with E-state index in [2.05, 4.69) is 14.6 Å². The first-order valence-corrected chi connectivity index (χ1v) is 11.6. The van der Waals surface area contributed by atoms with Gasteiger partial charge in [-0.05, 0) is 57.4 Å². The normalized spacial score (nSPS) is 19.2. The van der Waals surface area contributed by atoms with Crippen LogP contribution in [0.2, 0.25) is 5.15 Å². The highest BCUT2D eigenvalue weighted by atomic mass is 35.5. The molecule has 35 heavy (non-hydrogen) atoms. The summed E-state index contributed by atoms with van der Waals surface area (Å²) in [6, 6.07) is 7.85. The summed E-state index contributed by atoms with van der Waals surface area (Å²) in [5.41, 5.74) is 2.38. The lowest BCUT2D eigenvalue weighted by atomic mass is 9.85. The number of hydrogen-bond donors (Lipinski definition) is 0. The number of fused-ring (bicyclic) bond motifs is 1. The largest absolute Gasteiger partial charge is 0.434 e. The average molecular weight is 524 g/mol. The fourth-order valence-electron chi connectivity index (χ4n) is 5.04. The van der Waals surface area contributed by atoms with Crippen molar-refractivity contribution in [1.82, 2.24) is 14.8 Å². The SMILES string of the molecule is Cc1ccc2nc(Cl)c(CN3CCCC34CCN(C(=O)OC(C(F)(F)F)C(F)(F)F)CC4)cc2c1. The molecule has 1 amide bonds. The van der Waals surface area contributed by atoms with Gasteiger partial charge in [0.15, 0.2) is 0 Å². The van der Waals surface area contributed by atoms with Crippen LogP contribution in [0.3, 0.4) is 0 Å². The summed E-state index contributed by atoms with van der Waals surface area (Å²) in [5, 5.41) is 1.34. The second kappa shape index (κ2) is 9.31. The molecule has 12 heteroatoms. The number of halogens is 7. The number of piperidine rings is 1. The third kappa shape index (κ3) is 5.45. The first-order valence-electron chi connectivity index (χ1n) is 11.2. The molecule has 0 unspecified atom stereocenters. The maximum absolute atomic E-state index is 12.8. The molecule has 1 spiro atoms. The molecule has 0 saturated carbocycles. The first kappa shape index (κ1) is 25.8. The minimum Gasteiger partial charge on any atom is -0.426 e. The Labute approximate surface area is 203 Å². The second-order valence-corrected chi connectivity index (χ2v) is 9.58. The number of amides is 1. The molecule has 2 saturated heterocycles. The fourth-order valence-corrected chi connectivity index (χ4v) is 5.25. The van der Waals surface area contributed by atoms with Crippen molar-refractivity contribution >= 4 is 28.6 Å². The van der Waals surface area contributed by atoms with Gasteiger partial charge in [0, 0.05) is 36.1 Å². The van der Waals surface area contributed by atoms with Crippen molar-refractivity contribution in [3.05, 3.63) is 40.5 Å². The predicted octanol–water partition coefficient (Wildman–Crippen LogP) is 6.26. The van der Waals surface area contributed by atoms with Gasteiger partial charge in [-0.25, -0.2) is 9.78 Å². The molecular formula is C23H24ClF6N3O2. The Morgan fingerprint density at radius 1 is 1.09 bits per heavy atom. The third-order valence-corrected chi connectivity index (χ3v) is 7.19. The summed E-state index contributed by atoms with van der Waals surface area (Å²) in [7, 11) is 0. The van der Waals surface area contributed by atoms with Crippen LogP contribution in [-0.2, 0) is 11.3 Å². The van der Waals surface area contributed by atoms with Crippen LogP contribution in [-0.4, -0.2) is 64.5 Å². The number of aromatic nitrogens is 1. The maximum Gasteiger partial charge on any atom is 0.434 e. The van der Waals surface area contributed by atoms with Crippen molar-refractivity contribution in [1.29, 1.82) is 0 Å². The summed E-state index contributed by atoms with van der Waals surface area (Å²) in [6.07, 6.45) is -14.7. The summed E-state index contributed by atoms with van der Waals surface area (Å²) >= 11 is 6.44. The van der Waals surface area contributed by atoms with Gasteiger partial charge in [-0.1, -0.05) is 23.2 Å². The quantitative estimate of drug-likeness (QED) is 0.352. The molecule has 0 atom stereocenters. The molecule has 0 bridgehead atoms. The minimum absolute atomic E-state index is 0.000660. The average Bonchev–Trinajstić information content (AvgIpc) is 3.13. The second-order valence-electron chi connectivity index (χ2n) is 9.22. The van der Waals surface area contributed by atoms with Crippen LogP contribution in [0.5, 0.6) is 0 Å². The van der Waals surface area contributed by atoms with Crippen LogP contribution >= 0.6 is 11.6 Å². The van der Waals surface area contributed by atoms with E-state index < -0.39 is 24.5 Å². The van der Waals surface area contributed by atoms with Crippen molar-refractivity contribution in [3.63, 3.8) is 0 Å². The number of ether oxygens (including phenoxy) is 1. The van der Waals surface area contributed by atoms with Gasteiger partial charge in [0.25, 0.3) is 6.10 Å². The highest BCUT2D eigenvalue weighted by molar-refractivity contribution is 6.30. The number of carbonyl (C=O) groups excluding carboxylic acids is 1. The summed E-state index contributed by atoms with van der Waals surface area (Å²) in [5.74, 6) is 0. The number of aryl methyl sites for hydroxylation is 1. The van der Waals surface area contributed by atoms with E-state index in [0.29, 0.717) is 24.5 Å². The van der Waals surface area contributed by atoms with E-state index in [4.69, 9.17) is 11.6 Å². The van der Waals surface area contributed by atoms with Crippen LogP contribution < -0.4 is 0 Å². The van der Waals surface area contributed by atoms with E-state index in [1.54, 1.807) is 0 Å². The first-order chi connectivity index (χ1) is 16.3. The number of rotatable bonds is 3. The molecule has 3 heterocycles. The molecule has 4 rings (SSSR count).